The van der Waals surface area contributed by atoms with Gasteiger partial charge in [-0.3, -0.25) is 14.7 Å². The van der Waals surface area contributed by atoms with Crippen LogP contribution in [-0.2, 0) is 6.42 Å². The maximum atomic E-state index is 12.4. The molecule has 1 aliphatic rings. The topological polar surface area (TPSA) is 36.4 Å². The average Bonchev–Trinajstić information content (AvgIpc) is 3.08. The Hall–Kier alpha value is -1.72. The molecule has 0 aliphatic carbocycles. The fraction of sp³-hybridized carbons (Fsp3) is 0.412. The summed E-state index contributed by atoms with van der Waals surface area (Å²) in [6.45, 7) is 5.77. The van der Waals surface area contributed by atoms with Crippen molar-refractivity contribution < 1.29 is 4.79 Å². The molecular formula is C17H21N3OS. The van der Waals surface area contributed by atoms with Crippen molar-refractivity contribution in [2.24, 2.45) is 0 Å². The summed E-state index contributed by atoms with van der Waals surface area (Å²) in [4.78, 5) is 20.8. The minimum atomic E-state index is 0.118. The lowest BCUT2D eigenvalue weighted by molar-refractivity contribution is 0.0582. The van der Waals surface area contributed by atoms with Crippen LogP contribution in [0.4, 0.5) is 0 Å². The molecule has 1 amide bonds. The lowest BCUT2D eigenvalue weighted by Crippen LogP contribution is -2.51. The van der Waals surface area contributed by atoms with Gasteiger partial charge in [-0.1, -0.05) is 0 Å². The molecule has 0 N–H and O–H groups in total. The van der Waals surface area contributed by atoms with Crippen LogP contribution >= 0.6 is 11.3 Å². The number of aromatic nitrogens is 1. The fourth-order valence-corrected chi connectivity index (χ4v) is 3.60. The highest BCUT2D eigenvalue weighted by Crippen LogP contribution is 2.15. The van der Waals surface area contributed by atoms with Gasteiger partial charge in [0.15, 0.2) is 0 Å². The molecule has 0 aromatic carbocycles. The Balaban J connectivity index is 1.53. The van der Waals surface area contributed by atoms with Gasteiger partial charge in [0.25, 0.3) is 5.91 Å². The number of nitrogens with zero attached hydrogens (tertiary/aromatic N) is 3. The zero-order valence-electron chi connectivity index (χ0n) is 12.8. The zero-order valence-corrected chi connectivity index (χ0v) is 13.6. The van der Waals surface area contributed by atoms with Gasteiger partial charge in [-0.05, 0) is 47.9 Å². The minimum absolute atomic E-state index is 0.118. The number of thiophene rings is 1. The first-order valence-corrected chi connectivity index (χ1v) is 8.63. The molecule has 0 radical (unpaired) electrons. The highest BCUT2D eigenvalue weighted by atomic mass is 32.1. The second-order valence-corrected chi connectivity index (χ2v) is 6.53. The summed E-state index contributed by atoms with van der Waals surface area (Å²) in [6, 6.07) is 6.29. The third-order valence-corrected chi connectivity index (χ3v) is 5.00. The van der Waals surface area contributed by atoms with Crippen LogP contribution in [0.25, 0.3) is 0 Å². The van der Waals surface area contributed by atoms with E-state index in [4.69, 9.17) is 0 Å². The van der Waals surface area contributed by atoms with Crippen molar-refractivity contribution in [3.05, 3.63) is 52.5 Å². The second kappa shape index (κ2) is 7.03. The first kappa shape index (κ1) is 15.2. The van der Waals surface area contributed by atoms with Crippen molar-refractivity contribution in [3.63, 3.8) is 0 Å². The van der Waals surface area contributed by atoms with Crippen LogP contribution in [0, 0.1) is 0 Å². The van der Waals surface area contributed by atoms with E-state index >= 15 is 0 Å². The molecule has 1 aliphatic heterocycles. The van der Waals surface area contributed by atoms with Gasteiger partial charge < -0.3 is 4.90 Å². The molecule has 0 spiro atoms. The van der Waals surface area contributed by atoms with Crippen LogP contribution in [0.1, 0.15) is 22.8 Å². The fourth-order valence-electron chi connectivity index (χ4n) is 2.92. The summed E-state index contributed by atoms with van der Waals surface area (Å²) >= 11 is 1.75. The quantitative estimate of drug-likeness (QED) is 0.870. The number of pyridine rings is 1. The van der Waals surface area contributed by atoms with Crippen molar-refractivity contribution in [1.29, 1.82) is 0 Å². The molecule has 1 fully saturated rings. The van der Waals surface area contributed by atoms with Crippen molar-refractivity contribution in [2.45, 2.75) is 19.4 Å². The lowest BCUT2D eigenvalue weighted by Gasteiger charge is -2.38. The van der Waals surface area contributed by atoms with Crippen molar-refractivity contribution >= 4 is 17.2 Å². The summed E-state index contributed by atoms with van der Waals surface area (Å²) < 4.78 is 0. The van der Waals surface area contributed by atoms with E-state index < -0.39 is 0 Å². The van der Waals surface area contributed by atoms with Gasteiger partial charge in [0.05, 0.1) is 0 Å². The SMILES string of the molecule is CC(Cc1ccsc1)N1CCN(C(=O)c2ccncc2)CC1. The molecule has 1 saturated heterocycles. The van der Waals surface area contributed by atoms with Crippen LogP contribution in [0.3, 0.4) is 0 Å². The molecule has 0 saturated carbocycles. The van der Waals surface area contributed by atoms with Gasteiger partial charge in [-0.15, -0.1) is 0 Å². The number of amides is 1. The lowest BCUT2D eigenvalue weighted by atomic mass is 10.1. The Kier molecular flexibility index (Phi) is 4.85. The Bertz CT molecular complexity index is 592. The molecule has 2 aromatic heterocycles. The molecule has 0 bridgehead atoms. The van der Waals surface area contributed by atoms with E-state index in [0.717, 1.165) is 38.2 Å². The van der Waals surface area contributed by atoms with Gasteiger partial charge in [-0.25, -0.2) is 0 Å². The highest BCUT2D eigenvalue weighted by molar-refractivity contribution is 7.07. The van der Waals surface area contributed by atoms with Gasteiger partial charge in [0.1, 0.15) is 0 Å². The Morgan fingerprint density at radius 2 is 1.95 bits per heavy atom. The Morgan fingerprint density at radius 3 is 2.59 bits per heavy atom. The maximum Gasteiger partial charge on any atom is 0.254 e. The molecule has 1 unspecified atom stereocenters. The summed E-state index contributed by atoms with van der Waals surface area (Å²) in [5.41, 5.74) is 2.14. The van der Waals surface area contributed by atoms with E-state index in [1.807, 2.05) is 4.90 Å². The van der Waals surface area contributed by atoms with Crippen LogP contribution < -0.4 is 0 Å². The van der Waals surface area contributed by atoms with E-state index in [-0.39, 0.29) is 5.91 Å². The number of rotatable bonds is 4. The number of carbonyl (C=O) groups excluding carboxylic acids is 1. The summed E-state index contributed by atoms with van der Waals surface area (Å²) in [5, 5.41) is 4.35. The molecule has 116 valence electrons. The Morgan fingerprint density at radius 1 is 1.23 bits per heavy atom. The number of hydrogen-bond acceptors (Lipinski definition) is 4. The predicted octanol–water partition coefficient (Wildman–Crippen LogP) is 2.53. The molecule has 5 heteroatoms. The van der Waals surface area contributed by atoms with E-state index in [1.54, 1.807) is 35.9 Å². The van der Waals surface area contributed by atoms with Crippen LogP contribution in [0.5, 0.6) is 0 Å². The normalized spacial score (nSPS) is 17.4. The monoisotopic (exact) mass is 315 g/mol. The number of carbonyl (C=O) groups is 1. The standard InChI is InChI=1S/C17H21N3OS/c1-14(12-15-4-11-22-13-15)19-7-9-20(10-8-19)17(21)16-2-5-18-6-3-16/h2-6,11,13-14H,7-10,12H2,1H3. The van der Waals surface area contributed by atoms with E-state index in [2.05, 4.69) is 33.6 Å². The van der Waals surface area contributed by atoms with E-state index in [1.165, 1.54) is 5.56 Å². The number of hydrogen-bond donors (Lipinski definition) is 0. The molecule has 2 aromatic rings. The average molecular weight is 315 g/mol. The maximum absolute atomic E-state index is 12.4. The summed E-state index contributed by atoms with van der Waals surface area (Å²) in [5.74, 6) is 0.118. The molecule has 3 heterocycles. The van der Waals surface area contributed by atoms with Gasteiger partial charge in [0, 0.05) is 50.2 Å². The van der Waals surface area contributed by atoms with E-state index in [9.17, 15) is 4.79 Å². The minimum Gasteiger partial charge on any atom is -0.336 e. The van der Waals surface area contributed by atoms with Crippen LogP contribution in [-0.4, -0.2) is 52.9 Å². The van der Waals surface area contributed by atoms with Gasteiger partial charge in [-0.2, -0.15) is 11.3 Å². The summed E-state index contributed by atoms with van der Waals surface area (Å²) in [7, 11) is 0. The molecule has 1 atom stereocenters. The predicted molar refractivity (Wildman–Crippen MR) is 89.2 cm³/mol. The molecule has 22 heavy (non-hydrogen) atoms. The molecular weight excluding hydrogens is 294 g/mol. The first-order valence-electron chi connectivity index (χ1n) is 7.68. The smallest absolute Gasteiger partial charge is 0.254 e. The largest absolute Gasteiger partial charge is 0.336 e. The first-order chi connectivity index (χ1) is 10.7. The molecule has 3 rings (SSSR count). The zero-order chi connectivity index (χ0) is 15.4. The summed E-state index contributed by atoms with van der Waals surface area (Å²) in [6.07, 6.45) is 4.43. The third kappa shape index (κ3) is 3.54. The highest BCUT2D eigenvalue weighted by Gasteiger charge is 2.24. The van der Waals surface area contributed by atoms with Gasteiger partial charge >= 0.3 is 0 Å². The van der Waals surface area contributed by atoms with Crippen LogP contribution in [0.15, 0.2) is 41.4 Å². The number of piperazine rings is 1. The van der Waals surface area contributed by atoms with Crippen molar-refractivity contribution in [3.8, 4) is 0 Å². The van der Waals surface area contributed by atoms with E-state index in [0.29, 0.717) is 6.04 Å². The van der Waals surface area contributed by atoms with Crippen LogP contribution in [0.2, 0.25) is 0 Å². The Labute approximate surface area is 135 Å². The van der Waals surface area contributed by atoms with Crippen molar-refractivity contribution in [1.82, 2.24) is 14.8 Å². The van der Waals surface area contributed by atoms with Crippen molar-refractivity contribution in [2.75, 3.05) is 26.2 Å². The van der Waals surface area contributed by atoms with Gasteiger partial charge in [0.2, 0.25) is 0 Å². The third-order valence-electron chi connectivity index (χ3n) is 4.26. The second-order valence-electron chi connectivity index (χ2n) is 5.75. The molecule has 4 nitrogen and oxygen atoms in total.